The van der Waals surface area contributed by atoms with Crippen LogP contribution in [0.15, 0.2) is 46.9 Å². The molecule has 0 amide bonds. The maximum atomic E-state index is 10.5. The van der Waals surface area contributed by atoms with Crippen LogP contribution in [0.2, 0.25) is 0 Å². The summed E-state index contributed by atoms with van der Waals surface area (Å²) < 4.78 is 5.70. The number of carbonyl (C=O) groups is 1. The van der Waals surface area contributed by atoms with Crippen molar-refractivity contribution in [3.05, 3.63) is 48.2 Å². The highest BCUT2D eigenvalue weighted by Gasteiger charge is 2.11. The highest BCUT2D eigenvalue weighted by molar-refractivity contribution is 5.67. The predicted molar refractivity (Wildman–Crippen MR) is 73.8 cm³/mol. The quantitative estimate of drug-likeness (QED) is 0.863. The van der Waals surface area contributed by atoms with Gasteiger partial charge in [0.1, 0.15) is 5.76 Å². The number of aryl methyl sites for hydroxylation is 1. The molecule has 0 saturated heterocycles. The third-order valence-corrected chi connectivity index (χ3v) is 2.88. The Balaban J connectivity index is 2.14. The standard InChI is InChI=1S/C15H17NO3/c1-2-16(12-6-4-3-5-7-12)14-10-8-13(19-14)9-11-15(17)18/h3-8,10H,2,9,11H2,1H3,(H,17,18). The summed E-state index contributed by atoms with van der Waals surface area (Å²) in [6, 6.07) is 13.7. The maximum Gasteiger partial charge on any atom is 0.303 e. The second kappa shape index (κ2) is 6.09. The summed E-state index contributed by atoms with van der Waals surface area (Å²) in [6.45, 7) is 2.84. The molecule has 0 spiro atoms. The molecule has 0 unspecified atom stereocenters. The van der Waals surface area contributed by atoms with Gasteiger partial charge in [0.15, 0.2) is 5.88 Å². The van der Waals surface area contributed by atoms with Crippen molar-refractivity contribution in [2.75, 3.05) is 11.4 Å². The van der Waals surface area contributed by atoms with Crippen LogP contribution >= 0.6 is 0 Å². The molecular weight excluding hydrogens is 242 g/mol. The molecule has 1 aromatic carbocycles. The van der Waals surface area contributed by atoms with E-state index in [1.807, 2.05) is 54.3 Å². The van der Waals surface area contributed by atoms with Gasteiger partial charge in [0.25, 0.3) is 0 Å². The first-order valence-corrected chi connectivity index (χ1v) is 6.34. The molecule has 0 bridgehead atoms. The van der Waals surface area contributed by atoms with Gasteiger partial charge in [-0.1, -0.05) is 18.2 Å². The molecule has 1 heterocycles. The van der Waals surface area contributed by atoms with Crippen molar-refractivity contribution in [2.45, 2.75) is 19.8 Å². The molecular formula is C15H17NO3. The Labute approximate surface area is 112 Å². The molecule has 2 rings (SSSR count). The van der Waals surface area contributed by atoms with Crippen LogP contribution in [0.25, 0.3) is 0 Å². The van der Waals surface area contributed by atoms with Crippen LogP contribution in [0.4, 0.5) is 11.6 Å². The fourth-order valence-electron chi connectivity index (χ4n) is 1.95. The van der Waals surface area contributed by atoms with Gasteiger partial charge in [-0.05, 0) is 25.1 Å². The summed E-state index contributed by atoms with van der Waals surface area (Å²) in [7, 11) is 0. The Hall–Kier alpha value is -2.23. The topological polar surface area (TPSA) is 53.7 Å². The molecule has 100 valence electrons. The van der Waals surface area contributed by atoms with Crippen molar-refractivity contribution in [3.8, 4) is 0 Å². The van der Waals surface area contributed by atoms with Gasteiger partial charge in [0, 0.05) is 24.7 Å². The van der Waals surface area contributed by atoms with Crippen LogP contribution in [0.3, 0.4) is 0 Å². The summed E-state index contributed by atoms with van der Waals surface area (Å²) in [5.41, 5.74) is 1.06. The number of para-hydroxylation sites is 1. The number of carboxylic acids is 1. The lowest BCUT2D eigenvalue weighted by Crippen LogP contribution is -2.14. The first-order chi connectivity index (χ1) is 9.20. The molecule has 0 atom stereocenters. The van der Waals surface area contributed by atoms with Gasteiger partial charge in [-0.15, -0.1) is 0 Å². The van der Waals surface area contributed by atoms with E-state index in [1.165, 1.54) is 0 Å². The molecule has 0 aliphatic heterocycles. The lowest BCUT2D eigenvalue weighted by atomic mass is 10.2. The first-order valence-electron chi connectivity index (χ1n) is 6.34. The molecule has 2 aromatic rings. The Kier molecular flexibility index (Phi) is 4.23. The summed E-state index contributed by atoms with van der Waals surface area (Å²) in [6.07, 6.45) is 0.506. The highest BCUT2D eigenvalue weighted by Crippen LogP contribution is 2.27. The summed E-state index contributed by atoms with van der Waals surface area (Å²) >= 11 is 0. The van der Waals surface area contributed by atoms with E-state index in [-0.39, 0.29) is 6.42 Å². The number of rotatable bonds is 6. The van der Waals surface area contributed by atoms with E-state index >= 15 is 0 Å². The average molecular weight is 259 g/mol. The van der Waals surface area contributed by atoms with Crippen LogP contribution < -0.4 is 4.90 Å². The molecule has 0 fully saturated rings. The molecule has 0 radical (unpaired) electrons. The number of hydrogen-bond donors (Lipinski definition) is 1. The normalized spacial score (nSPS) is 10.4. The Morgan fingerprint density at radius 2 is 1.95 bits per heavy atom. The smallest absolute Gasteiger partial charge is 0.303 e. The molecule has 1 N–H and O–H groups in total. The van der Waals surface area contributed by atoms with Crippen molar-refractivity contribution in [3.63, 3.8) is 0 Å². The minimum Gasteiger partial charge on any atom is -0.481 e. The fourth-order valence-corrected chi connectivity index (χ4v) is 1.95. The molecule has 19 heavy (non-hydrogen) atoms. The van der Waals surface area contributed by atoms with E-state index in [1.54, 1.807) is 0 Å². The average Bonchev–Trinajstić information content (AvgIpc) is 2.87. The van der Waals surface area contributed by atoms with Crippen molar-refractivity contribution in [1.82, 2.24) is 0 Å². The number of benzene rings is 1. The lowest BCUT2D eigenvalue weighted by Gasteiger charge is -2.19. The van der Waals surface area contributed by atoms with Crippen molar-refractivity contribution in [2.24, 2.45) is 0 Å². The van der Waals surface area contributed by atoms with Gasteiger partial charge in [0.05, 0.1) is 6.42 Å². The number of hydrogen-bond acceptors (Lipinski definition) is 3. The second-order valence-electron chi connectivity index (χ2n) is 4.21. The van der Waals surface area contributed by atoms with E-state index in [4.69, 9.17) is 9.52 Å². The highest BCUT2D eigenvalue weighted by atomic mass is 16.4. The fraction of sp³-hybridized carbons (Fsp3) is 0.267. The van der Waals surface area contributed by atoms with Crippen molar-refractivity contribution in [1.29, 1.82) is 0 Å². The summed E-state index contributed by atoms with van der Waals surface area (Å²) in [5, 5.41) is 8.66. The molecule has 4 nitrogen and oxygen atoms in total. The van der Waals surface area contributed by atoms with E-state index in [9.17, 15) is 4.79 Å². The molecule has 4 heteroatoms. The molecule has 1 aromatic heterocycles. The van der Waals surface area contributed by atoms with E-state index < -0.39 is 5.97 Å². The third kappa shape index (κ3) is 3.37. The largest absolute Gasteiger partial charge is 0.481 e. The van der Waals surface area contributed by atoms with E-state index in [0.29, 0.717) is 12.2 Å². The molecule has 0 saturated carbocycles. The van der Waals surface area contributed by atoms with Crippen LogP contribution in [-0.4, -0.2) is 17.6 Å². The molecule has 0 aliphatic carbocycles. The molecule has 0 aliphatic rings. The van der Waals surface area contributed by atoms with Gasteiger partial charge in [0.2, 0.25) is 0 Å². The number of anilines is 2. The van der Waals surface area contributed by atoms with Gasteiger partial charge >= 0.3 is 5.97 Å². The SMILES string of the molecule is CCN(c1ccccc1)c1ccc(CCC(=O)O)o1. The zero-order valence-corrected chi connectivity index (χ0v) is 10.9. The van der Waals surface area contributed by atoms with Crippen LogP contribution in [0, 0.1) is 0 Å². The Morgan fingerprint density at radius 3 is 2.58 bits per heavy atom. The van der Waals surface area contributed by atoms with Crippen molar-refractivity contribution >= 4 is 17.5 Å². The number of furan rings is 1. The monoisotopic (exact) mass is 259 g/mol. The number of carboxylic acid groups (broad SMARTS) is 1. The predicted octanol–water partition coefficient (Wildman–Crippen LogP) is 3.45. The summed E-state index contributed by atoms with van der Waals surface area (Å²) in [4.78, 5) is 12.6. The van der Waals surface area contributed by atoms with Gasteiger partial charge in [-0.3, -0.25) is 4.79 Å². The number of nitrogens with zero attached hydrogens (tertiary/aromatic N) is 1. The van der Waals surface area contributed by atoms with Crippen LogP contribution in [0.5, 0.6) is 0 Å². The first kappa shape index (κ1) is 13.2. The minimum absolute atomic E-state index is 0.0877. The van der Waals surface area contributed by atoms with Crippen LogP contribution in [-0.2, 0) is 11.2 Å². The van der Waals surface area contributed by atoms with Crippen LogP contribution in [0.1, 0.15) is 19.1 Å². The Bertz CT molecular complexity index is 533. The Morgan fingerprint density at radius 1 is 1.21 bits per heavy atom. The third-order valence-electron chi connectivity index (χ3n) is 2.88. The van der Waals surface area contributed by atoms with Gasteiger partial charge in [-0.2, -0.15) is 0 Å². The summed E-state index contributed by atoms with van der Waals surface area (Å²) in [5.74, 6) is 0.634. The van der Waals surface area contributed by atoms with E-state index in [2.05, 4.69) is 0 Å². The number of aliphatic carboxylic acids is 1. The van der Waals surface area contributed by atoms with E-state index in [0.717, 1.165) is 18.1 Å². The van der Waals surface area contributed by atoms with Gasteiger partial charge < -0.3 is 14.4 Å². The maximum absolute atomic E-state index is 10.5. The second-order valence-corrected chi connectivity index (χ2v) is 4.21. The minimum atomic E-state index is -0.812. The van der Waals surface area contributed by atoms with Gasteiger partial charge in [-0.25, -0.2) is 0 Å². The zero-order chi connectivity index (χ0) is 13.7. The zero-order valence-electron chi connectivity index (χ0n) is 10.9. The van der Waals surface area contributed by atoms with Crippen molar-refractivity contribution < 1.29 is 14.3 Å². The lowest BCUT2D eigenvalue weighted by molar-refractivity contribution is -0.137.